The first kappa shape index (κ1) is 21.3. The summed E-state index contributed by atoms with van der Waals surface area (Å²) in [4.78, 5) is 35.5. The number of Topliss-reactive ketones (excluding diaryl/α,β-unsaturated/α-hetero) is 1. The fourth-order valence-electron chi connectivity index (χ4n) is 4.36. The van der Waals surface area contributed by atoms with Crippen LogP contribution in [0, 0.1) is 5.82 Å². The first-order chi connectivity index (χ1) is 16.9. The molecule has 0 saturated carbocycles. The number of benzene rings is 3. The van der Waals surface area contributed by atoms with Gasteiger partial charge in [-0.2, -0.15) is 0 Å². The number of H-pyrrole nitrogens is 1. The van der Waals surface area contributed by atoms with Crippen LogP contribution in [0.3, 0.4) is 0 Å². The van der Waals surface area contributed by atoms with Crippen molar-refractivity contribution in [2.75, 3.05) is 4.90 Å². The number of amides is 1. The van der Waals surface area contributed by atoms with Gasteiger partial charge < -0.3 is 14.5 Å². The fraction of sp³-hybridized carbons (Fsp3) is 0.0385. The minimum atomic E-state index is -1.27. The van der Waals surface area contributed by atoms with Crippen LogP contribution in [0.5, 0.6) is 0 Å². The summed E-state index contributed by atoms with van der Waals surface area (Å²) in [6.07, 6.45) is 0. The van der Waals surface area contributed by atoms with E-state index in [2.05, 4.69) is 25.9 Å². The number of nitrogens with one attached hydrogen (secondary N) is 1. The molecule has 3 aromatic carbocycles. The number of para-hydroxylation sites is 2. The Balaban J connectivity index is 1.53. The van der Waals surface area contributed by atoms with Gasteiger partial charge in [-0.3, -0.25) is 14.5 Å². The number of rotatable bonds is 4. The predicted octanol–water partition coefficient (Wildman–Crippen LogP) is 5.99. The third kappa shape index (κ3) is 3.35. The molecule has 1 aliphatic heterocycles. The van der Waals surface area contributed by atoms with E-state index in [1.165, 1.54) is 24.3 Å². The minimum absolute atomic E-state index is 0.0348. The quantitative estimate of drug-likeness (QED) is 0.277. The Bertz CT molecular complexity index is 1670. The average molecular weight is 532 g/mol. The van der Waals surface area contributed by atoms with Crippen LogP contribution in [0.1, 0.15) is 22.2 Å². The zero-order valence-electron chi connectivity index (χ0n) is 17.8. The summed E-state index contributed by atoms with van der Waals surface area (Å²) in [5.74, 6) is -3.03. The summed E-state index contributed by atoms with van der Waals surface area (Å²) in [6, 6.07) is 18.4. The second-order valence-electron chi connectivity index (χ2n) is 8.06. The standard InChI is InChI=1S/C26H15BrFN3O4/c27-14-9-10-19-13(11-14)12-20(35-19)23(32)21-22(15-5-1-2-6-16(15)28)31(25(34)24(21)33)26-29-17-7-3-4-8-18(17)30-26/h1-12,22,33H,(H,29,30). The van der Waals surface area contributed by atoms with Gasteiger partial charge in [-0.25, -0.2) is 9.37 Å². The number of furan rings is 1. The van der Waals surface area contributed by atoms with Gasteiger partial charge in [0.25, 0.3) is 5.91 Å². The molecule has 2 aromatic heterocycles. The van der Waals surface area contributed by atoms with E-state index >= 15 is 4.39 Å². The van der Waals surface area contributed by atoms with Gasteiger partial charge in [0, 0.05) is 15.4 Å². The maximum atomic E-state index is 15.0. The number of halogens is 2. The number of fused-ring (bicyclic) bond motifs is 2. The van der Waals surface area contributed by atoms with E-state index in [0.717, 1.165) is 9.37 Å². The molecule has 5 aromatic rings. The van der Waals surface area contributed by atoms with Crippen LogP contribution in [-0.2, 0) is 4.79 Å². The Labute approximate surface area is 205 Å². The van der Waals surface area contributed by atoms with Gasteiger partial charge in [0.05, 0.1) is 16.6 Å². The summed E-state index contributed by atoms with van der Waals surface area (Å²) in [7, 11) is 0. The number of aliphatic hydroxyl groups excluding tert-OH is 1. The van der Waals surface area contributed by atoms with Crippen molar-refractivity contribution < 1.29 is 23.5 Å². The van der Waals surface area contributed by atoms with Crippen LogP contribution < -0.4 is 4.90 Å². The van der Waals surface area contributed by atoms with Gasteiger partial charge in [-0.15, -0.1) is 0 Å². The normalized spacial score (nSPS) is 16.1. The number of anilines is 1. The molecule has 9 heteroatoms. The Morgan fingerprint density at radius 2 is 1.86 bits per heavy atom. The van der Waals surface area contributed by atoms with E-state index in [9.17, 15) is 14.7 Å². The molecule has 1 aliphatic rings. The number of nitrogens with zero attached hydrogens (tertiary/aromatic N) is 2. The summed E-state index contributed by atoms with van der Waals surface area (Å²) in [5, 5.41) is 11.5. The van der Waals surface area contributed by atoms with Crippen molar-refractivity contribution >= 4 is 55.6 Å². The van der Waals surface area contributed by atoms with Crippen LogP contribution >= 0.6 is 15.9 Å². The molecule has 0 radical (unpaired) electrons. The number of hydrogen-bond acceptors (Lipinski definition) is 5. The number of carbonyl (C=O) groups is 2. The third-order valence-electron chi connectivity index (χ3n) is 5.96. The molecule has 0 bridgehead atoms. The maximum absolute atomic E-state index is 15.0. The van der Waals surface area contributed by atoms with Crippen LogP contribution in [0.4, 0.5) is 10.3 Å². The Morgan fingerprint density at radius 3 is 2.66 bits per heavy atom. The van der Waals surface area contributed by atoms with Crippen molar-refractivity contribution in [2.24, 2.45) is 0 Å². The topological polar surface area (TPSA) is 99.4 Å². The van der Waals surface area contributed by atoms with Gasteiger partial charge in [-0.05, 0) is 42.5 Å². The van der Waals surface area contributed by atoms with Crippen molar-refractivity contribution in [3.63, 3.8) is 0 Å². The van der Waals surface area contributed by atoms with E-state index < -0.39 is 29.3 Å². The lowest BCUT2D eigenvalue weighted by Gasteiger charge is -2.24. The number of aliphatic hydroxyl groups is 1. The van der Waals surface area contributed by atoms with E-state index in [1.807, 2.05) is 0 Å². The second-order valence-corrected chi connectivity index (χ2v) is 8.98. The highest BCUT2D eigenvalue weighted by Crippen LogP contribution is 2.42. The molecule has 1 unspecified atom stereocenters. The highest BCUT2D eigenvalue weighted by Gasteiger charge is 2.47. The van der Waals surface area contributed by atoms with Gasteiger partial charge >= 0.3 is 0 Å². The molecule has 1 atom stereocenters. The smallest absolute Gasteiger partial charge is 0.296 e. The molecule has 0 spiro atoms. The van der Waals surface area contributed by atoms with Crippen molar-refractivity contribution in [3.8, 4) is 0 Å². The van der Waals surface area contributed by atoms with Crippen molar-refractivity contribution in [2.45, 2.75) is 6.04 Å². The highest BCUT2D eigenvalue weighted by molar-refractivity contribution is 9.10. The Hall–Kier alpha value is -4.24. The number of ketones is 1. The summed E-state index contributed by atoms with van der Waals surface area (Å²) in [6.45, 7) is 0. The molecular formula is C26H15BrFN3O4. The molecule has 0 fully saturated rings. The van der Waals surface area contributed by atoms with Crippen LogP contribution in [0.25, 0.3) is 22.0 Å². The largest absolute Gasteiger partial charge is 0.503 e. The molecule has 0 saturated heterocycles. The maximum Gasteiger partial charge on any atom is 0.296 e. The molecule has 3 heterocycles. The molecule has 1 amide bonds. The first-order valence-electron chi connectivity index (χ1n) is 10.6. The van der Waals surface area contributed by atoms with Crippen molar-refractivity contribution in [3.05, 3.63) is 106 Å². The van der Waals surface area contributed by atoms with E-state index in [0.29, 0.717) is 22.0 Å². The zero-order valence-corrected chi connectivity index (χ0v) is 19.4. The minimum Gasteiger partial charge on any atom is -0.503 e. The lowest BCUT2D eigenvalue weighted by molar-refractivity contribution is -0.117. The number of aromatic amines is 1. The molecule has 0 aliphatic carbocycles. The van der Waals surface area contributed by atoms with E-state index in [4.69, 9.17) is 4.42 Å². The van der Waals surface area contributed by atoms with Gasteiger partial charge in [-0.1, -0.05) is 46.3 Å². The number of aromatic nitrogens is 2. The summed E-state index contributed by atoms with van der Waals surface area (Å²) >= 11 is 3.38. The average Bonchev–Trinajstić information content (AvgIpc) is 3.53. The second kappa shape index (κ2) is 7.92. The SMILES string of the molecule is O=C(C1=C(O)C(=O)N(c2nc3ccccc3[nH]2)C1c1ccccc1F)c1cc2cc(Br)ccc2o1. The fourth-order valence-corrected chi connectivity index (χ4v) is 4.74. The van der Waals surface area contributed by atoms with Gasteiger partial charge in [0.2, 0.25) is 11.7 Å². The number of hydrogen-bond donors (Lipinski definition) is 2. The van der Waals surface area contributed by atoms with Crippen molar-refractivity contribution in [1.82, 2.24) is 9.97 Å². The summed E-state index contributed by atoms with van der Waals surface area (Å²) < 4.78 is 21.5. The van der Waals surface area contributed by atoms with Crippen molar-refractivity contribution in [1.29, 1.82) is 0 Å². The van der Waals surface area contributed by atoms with Gasteiger partial charge in [0.15, 0.2) is 11.5 Å². The van der Waals surface area contributed by atoms with Crippen LogP contribution in [0.2, 0.25) is 0 Å². The number of imidazole rings is 1. The zero-order chi connectivity index (χ0) is 24.3. The lowest BCUT2D eigenvalue weighted by atomic mass is 9.94. The molecule has 2 N–H and O–H groups in total. The van der Waals surface area contributed by atoms with Gasteiger partial charge in [0.1, 0.15) is 17.4 Å². The molecule has 7 nitrogen and oxygen atoms in total. The number of carbonyl (C=O) groups excluding carboxylic acids is 2. The Morgan fingerprint density at radius 1 is 1.09 bits per heavy atom. The lowest BCUT2D eigenvalue weighted by Crippen LogP contribution is -2.32. The molecule has 6 rings (SSSR count). The van der Waals surface area contributed by atoms with E-state index in [-0.39, 0.29) is 22.8 Å². The van der Waals surface area contributed by atoms with Crippen LogP contribution in [0.15, 0.2) is 93.0 Å². The molecule has 172 valence electrons. The molecular weight excluding hydrogens is 517 g/mol. The highest BCUT2D eigenvalue weighted by atomic mass is 79.9. The van der Waals surface area contributed by atoms with E-state index in [1.54, 1.807) is 48.5 Å². The Kier molecular flexibility index (Phi) is 4.82. The third-order valence-corrected chi connectivity index (χ3v) is 6.45. The molecule has 35 heavy (non-hydrogen) atoms. The summed E-state index contributed by atoms with van der Waals surface area (Å²) in [5.41, 5.74) is 1.42. The van der Waals surface area contributed by atoms with Crippen LogP contribution in [-0.4, -0.2) is 26.8 Å². The first-order valence-corrected chi connectivity index (χ1v) is 11.4. The monoisotopic (exact) mass is 531 g/mol. The predicted molar refractivity (Wildman–Crippen MR) is 131 cm³/mol.